The standard InChI is InChI=1S/C15H11BrClFN2/c16-11-5-6-13-14(7-11)20(15(8-17)19-13)9-10-3-1-2-4-12(10)18/h1-7H,8-9H2. The summed E-state index contributed by atoms with van der Waals surface area (Å²) in [6.45, 7) is 0.418. The third-order valence-electron chi connectivity index (χ3n) is 3.20. The highest BCUT2D eigenvalue weighted by Gasteiger charge is 2.12. The van der Waals surface area contributed by atoms with E-state index in [-0.39, 0.29) is 5.82 Å². The summed E-state index contributed by atoms with van der Waals surface area (Å²) in [5, 5.41) is 0. The quantitative estimate of drug-likeness (QED) is 0.623. The first-order chi connectivity index (χ1) is 9.69. The number of hydrogen-bond donors (Lipinski definition) is 0. The van der Waals surface area contributed by atoms with Crippen LogP contribution in [0.3, 0.4) is 0 Å². The minimum Gasteiger partial charge on any atom is -0.322 e. The summed E-state index contributed by atoms with van der Waals surface area (Å²) >= 11 is 9.41. The average molecular weight is 354 g/mol. The maximum absolute atomic E-state index is 13.8. The molecule has 0 unspecified atom stereocenters. The third-order valence-corrected chi connectivity index (χ3v) is 3.93. The largest absolute Gasteiger partial charge is 0.322 e. The Hall–Kier alpha value is -1.39. The fourth-order valence-corrected chi connectivity index (χ4v) is 2.77. The number of hydrogen-bond acceptors (Lipinski definition) is 1. The first-order valence-electron chi connectivity index (χ1n) is 6.13. The van der Waals surface area contributed by atoms with Crippen molar-refractivity contribution in [2.24, 2.45) is 0 Å². The lowest BCUT2D eigenvalue weighted by Gasteiger charge is -2.09. The zero-order chi connectivity index (χ0) is 14.1. The van der Waals surface area contributed by atoms with Gasteiger partial charge in [-0.3, -0.25) is 0 Å². The smallest absolute Gasteiger partial charge is 0.128 e. The molecule has 0 atom stereocenters. The molecule has 20 heavy (non-hydrogen) atoms. The van der Waals surface area contributed by atoms with Gasteiger partial charge in [-0.15, -0.1) is 11.6 Å². The second-order valence-corrected chi connectivity index (χ2v) is 5.66. The Labute approximate surface area is 129 Å². The van der Waals surface area contributed by atoms with E-state index in [1.807, 2.05) is 28.8 Å². The first kappa shape index (κ1) is 13.6. The van der Waals surface area contributed by atoms with Crippen LogP contribution >= 0.6 is 27.5 Å². The molecule has 0 saturated heterocycles. The zero-order valence-corrected chi connectivity index (χ0v) is 12.8. The summed E-state index contributed by atoms with van der Waals surface area (Å²) in [6, 6.07) is 12.6. The first-order valence-corrected chi connectivity index (χ1v) is 7.46. The van der Waals surface area contributed by atoms with Crippen molar-refractivity contribution in [1.82, 2.24) is 9.55 Å². The van der Waals surface area contributed by atoms with Gasteiger partial charge >= 0.3 is 0 Å². The Bertz CT molecular complexity index is 770. The van der Waals surface area contributed by atoms with E-state index in [0.29, 0.717) is 18.0 Å². The maximum atomic E-state index is 13.8. The highest BCUT2D eigenvalue weighted by atomic mass is 79.9. The molecule has 1 heterocycles. The van der Waals surface area contributed by atoms with Gasteiger partial charge < -0.3 is 4.57 Å². The Kier molecular flexibility index (Phi) is 3.76. The summed E-state index contributed by atoms with van der Waals surface area (Å²) in [4.78, 5) is 4.49. The fraction of sp³-hybridized carbons (Fsp3) is 0.133. The van der Waals surface area contributed by atoms with E-state index in [4.69, 9.17) is 11.6 Å². The van der Waals surface area contributed by atoms with E-state index in [1.54, 1.807) is 12.1 Å². The lowest BCUT2D eigenvalue weighted by atomic mass is 10.2. The van der Waals surface area contributed by atoms with Gasteiger partial charge in [0.2, 0.25) is 0 Å². The third kappa shape index (κ3) is 2.45. The maximum Gasteiger partial charge on any atom is 0.128 e. The summed E-state index contributed by atoms with van der Waals surface area (Å²) in [6.07, 6.45) is 0. The summed E-state index contributed by atoms with van der Waals surface area (Å²) in [5.41, 5.74) is 2.43. The van der Waals surface area contributed by atoms with E-state index in [2.05, 4.69) is 20.9 Å². The SMILES string of the molecule is Fc1ccccc1Cn1c(CCl)nc2ccc(Br)cc21. The van der Waals surface area contributed by atoms with Crippen LogP contribution < -0.4 is 0 Å². The lowest BCUT2D eigenvalue weighted by molar-refractivity contribution is 0.599. The topological polar surface area (TPSA) is 17.8 Å². The minimum atomic E-state index is -0.218. The Morgan fingerprint density at radius 2 is 2.00 bits per heavy atom. The van der Waals surface area contributed by atoms with Crippen LogP contribution in [0, 0.1) is 5.82 Å². The fourth-order valence-electron chi connectivity index (χ4n) is 2.22. The van der Waals surface area contributed by atoms with Gasteiger partial charge in [-0.05, 0) is 24.3 Å². The predicted octanol–water partition coefficient (Wildman–Crippen LogP) is 4.73. The van der Waals surface area contributed by atoms with E-state index >= 15 is 0 Å². The summed E-state index contributed by atoms with van der Waals surface area (Å²) in [5.74, 6) is 0.814. The molecule has 3 aromatic rings. The van der Waals surface area contributed by atoms with E-state index in [0.717, 1.165) is 21.3 Å². The Morgan fingerprint density at radius 1 is 1.20 bits per heavy atom. The number of halogens is 3. The van der Waals surface area contributed by atoms with Crippen molar-refractivity contribution in [1.29, 1.82) is 0 Å². The second-order valence-electron chi connectivity index (χ2n) is 4.47. The molecule has 0 spiro atoms. The molecule has 102 valence electrons. The minimum absolute atomic E-state index is 0.218. The van der Waals surface area contributed by atoms with Gasteiger partial charge in [-0.2, -0.15) is 0 Å². The monoisotopic (exact) mass is 352 g/mol. The number of alkyl halides is 1. The van der Waals surface area contributed by atoms with Crippen LogP contribution in [0.4, 0.5) is 4.39 Å². The van der Waals surface area contributed by atoms with E-state index in [1.165, 1.54) is 6.07 Å². The van der Waals surface area contributed by atoms with Gasteiger partial charge in [0.05, 0.1) is 23.5 Å². The van der Waals surface area contributed by atoms with Crippen LogP contribution in [0.15, 0.2) is 46.9 Å². The van der Waals surface area contributed by atoms with Crippen LogP contribution in [-0.2, 0) is 12.4 Å². The van der Waals surface area contributed by atoms with Gasteiger partial charge in [0.25, 0.3) is 0 Å². The Balaban J connectivity index is 2.14. The Morgan fingerprint density at radius 3 is 2.75 bits per heavy atom. The lowest BCUT2D eigenvalue weighted by Crippen LogP contribution is -2.05. The molecule has 1 aromatic heterocycles. The second kappa shape index (κ2) is 5.54. The van der Waals surface area contributed by atoms with Gasteiger partial charge in [0.15, 0.2) is 0 Å². The van der Waals surface area contributed by atoms with Crippen molar-refractivity contribution in [2.75, 3.05) is 0 Å². The molecule has 3 rings (SSSR count). The van der Waals surface area contributed by atoms with E-state index < -0.39 is 0 Å². The van der Waals surface area contributed by atoms with Gasteiger partial charge in [-0.25, -0.2) is 9.37 Å². The molecule has 0 fully saturated rings. The van der Waals surface area contributed by atoms with Gasteiger partial charge in [-0.1, -0.05) is 34.1 Å². The van der Waals surface area contributed by atoms with Crippen LogP contribution in [0.1, 0.15) is 11.4 Å². The average Bonchev–Trinajstić information content (AvgIpc) is 2.79. The molecule has 0 aliphatic heterocycles. The molecule has 0 amide bonds. The van der Waals surface area contributed by atoms with Crippen LogP contribution in [-0.4, -0.2) is 9.55 Å². The summed E-state index contributed by atoms with van der Waals surface area (Å²) < 4.78 is 16.7. The molecule has 0 radical (unpaired) electrons. The number of imidazole rings is 1. The molecular formula is C15H11BrClFN2. The predicted molar refractivity (Wildman–Crippen MR) is 82.5 cm³/mol. The van der Waals surface area contributed by atoms with Crippen molar-refractivity contribution in [2.45, 2.75) is 12.4 Å². The summed E-state index contributed by atoms with van der Waals surface area (Å²) in [7, 11) is 0. The molecule has 0 saturated carbocycles. The molecule has 0 bridgehead atoms. The number of fused-ring (bicyclic) bond motifs is 1. The van der Waals surface area contributed by atoms with Crippen molar-refractivity contribution >= 4 is 38.6 Å². The van der Waals surface area contributed by atoms with Gasteiger partial charge in [0.1, 0.15) is 11.6 Å². The number of aromatic nitrogens is 2. The van der Waals surface area contributed by atoms with Crippen LogP contribution in [0.5, 0.6) is 0 Å². The molecular weight excluding hydrogens is 343 g/mol. The van der Waals surface area contributed by atoms with Crippen molar-refractivity contribution in [3.05, 3.63) is 64.1 Å². The molecule has 5 heteroatoms. The van der Waals surface area contributed by atoms with E-state index in [9.17, 15) is 4.39 Å². The normalized spacial score (nSPS) is 11.2. The molecule has 2 aromatic carbocycles. The van der Waals surface area contributed by atoms with Crippen LogP contribution in [0.2, 0.25) is 0 Å². The van der Waals surface area contributed by atoms with Crippen molar-refractivity contribution < 1.29 is 4.39 Å². The molecule has 0 aliphatic rings. The highest BCUT2D eigenvalue weighted by Crippen LogP contribution is 2.23. The molecule has 0 N–H and O–H groups in total. The zero-order valence-electron chi connectivity index (χ0n) is 10.5. The highest BCUT2D eigenvalue weighted by molar-refractivity contribution is 9.10. The number of rotatable bonds is 3. The molecule has 0 aliphatic carbocycles. The van der Waals surface area contributed by atoms with Crippen molar-refractivity contribution in [3.8, 4) is 0 Å². The van der Waals surface area contributed by atoms with Crippen LogP contribution in [0.25, 0.3) is 11.0 Å². The molecule has 2 nitrogen and oxygen atoms in total. The number of benzene rings is 2. The van der Waals surface area contributed by atoms with Crippen molar-refractivity contribution in [3.63, 3.8) is 0 Å². The van der Waals surface area contributed by atoms with Gasteiger partial charge in [0, 0.05) is 10.0 Å². The number of nitrogens with zero attached hydrogens (tertiary/aromatic N) is 2.